The Balaban J connectivity index is 1.79. The van der Waals surface area contributed by atoms with Crippen molar-refractivity contribution in [3.63, 3.8) is 0 Å². The van der Waals surface area contributed by atoms with Gasteiger partial charge in [-0.15, -0.1) is 0 Å². The van der Waals surface area contributed by atoms with Crippen LogP contribution >= 0.6 is 0 Å². The van der Waals surface area contributed by atoms with Gasteiger partial charge in [-0.1, -0.05) is 19.3 Å². The number of aryl methyl sites for hydroxylation is 1. The van der Waals surface area contributed by atoms with E-state index in [0.717, 1.165) is 29.4 Å². The fourth-order valence-corrected chi connectivity index (χ4v) is 3.01. The van der Waals surface area contributed by atoms with Crippen molar-refractivity contribution in [2.45, 2.75) is 32.1 Å². The van der Waals surface area contributed by atoms with Gasteiger partial charge in [0.2, 0.25) is 5.95 Å². The molecule has 120 valence electrons. The van der Waals surface area contributed by atoms with Gasteiger partial charge in [0.05, 0.1) is 12.9 Å². The van der Waals surface area contributed by atoms with Crippen LogP contribution < -0.4 is 10.6 Å². The minimum absolute atomic E-state index is 0.0532. The number of hydrogen-bond acceptors (Lipinski definition) is 6. The molecule has 0 amide bonds. The van der Waals surface area contributed by atoms with E-state index in [4.69, 9.17) is 5.11 Å². The molecule has 0 saturated heterocycles. The molecule has 22 heavy (non-hydrogen) atoms. The molecular weight excluding hydrogens is 280 g/mol. The summed E-state index contributed by atoms with van der Waals surface area (Å²) in [6, 6.07) is 0. The third-order valence-corrected chi connectivity index (χ3v) is 4.24. The van der Waals surface area contributed by atoms with E-state index in [1.165, 1.54) is 32.1 Å². The summed E-state index contributed by atoms with van der Waals surface area (Å²) in [5.41, 5.74) is 1.59. The van der Waals surface area contributed by atoms with Gasteiger partial charge in [0.15, 0.2) is 17.0 Å². The standard InChI is InChI=1S/C15H24N6O/c1-21-10-18-12-13(17-9-11-5-3-2-4-6-11)19-15(16-7-8-22)20-14(12)21/h10-11,22H,2-9H2,1H3,(H2,16,17,19,20). The van der Waals surface area contributed by atoms with Crippen molar-refractivity contribution in [3.8, 4) is 0 Å². The molecule has 2 aromatic rings. The molecule has 2 aromatic heterocycles. The number of nitrogens with zero attached hydrogens (tertiary/aromatic N) is 4. The van der Waals surface area contributed by atoms with Crippen LogP contribution in [-0.4, -0.2) is 44.3 Å². The summed E-state index contributed by atoms with van der Waals surface area (Å²) in [7, 11) is 1.92. The zero-order chi connectivity index (χ0) is 15.4. The zero-order valence-electron chi connectivity index (χ0n) is 13.0. The number of fused-ring (bicyclic) bond motifs is 1. The van der Waals surface area contributed by atoms with Gasteiger partial charge in [-0.25, -0.2) is 4.98 Å². The van der Waals surface area contributed by atoms with E-state index in [1.807, 2.05) is 11.6 Å². The highest BCUT2D eigenvalue weighted by molar-refractivity contribution is 5.84. The van der Waals surface area contributed by atoms with E-state index < -0.39 is 0 Å². The largest absolute Gasteiger partial charge is 0.395 e. The van der Waals surface area contributed by atoms with E-state index in [0.29, 0.717) is 12.5 Å². The Labute approximate surface area is 130 Å². The summed E-state index contributed by atoms with van der Waals surface area (Å²) >= 11 is 0. The van der Waals surface area contributed by atoms with Crippen molar-refractivity contribution in [1.29, 1.82) is 0 Å². The van der Waals surface area contributed by atoms with E-state index in [1.54, 1.807) is 6.33 Å². The number of nitrogens with one attached hydrogen (secondary N) is 2. The highest BCUT2D eigenvalue weighted by Gasteiger charge is 2.16. The van der Waals surface area contributed by atoms with Gasteiger partial charge in [-0.2, -0.15) is 9.97 Å². The molecule has 1 saturated carbocycles. The second-order valence-electron chi connectivity index (χ2n) is 5.96. The maximum atomic E-state index is 8.95. The second kappa shape index (κ2) is 6.91. The normalized spacial score (nSPS) is 16.1. The Morgan fingerprint density at radius 3 is 2.82 bits per heavy atom. The minimum atomic E-state index is 0.0532. The van der Waals surface area contributed by atoms with Crippen LogP contribution in [0.5, 0.6) is 0 Å². The fraction of sp³-hybridized carbons (Fsp3) is 0.667. The molecule has 0 radical (unpaired) electrons. The van der Waals surface area contributed by atoms with Crippen LogP contribution in [-0.2, 0) is 7.05 Å². The molecule has 0 aliphatic heterocycles. The lowest BCUT2D eigenvalue weighted by Gasteiger charge is -2.22. The number of aliphatic hydroxyl groups excluding tert-OH is 1. The lowest BCUT2D eigenvalue weighted by Crippen LogP contribution is -2.18. The number of hydrogen-bond donors (Lipinski definition) is 3. The van der Waals surface area contributed by atoms with Crippen molar-refractivity contribution >= 4 is 22.9 Å². The highest BCUT2D eigenvalue weighted by atomic mass is 16.3. The average Bonchev–Trinajstić information content (AvgIpc) is 2.93. The zero-order valence-corrected chi connectivity index (χ0v) is 13.0. The van der Waals surface area contributed by atoms with Gasteiger partial charge in [0.25, 0.3) is 0 Å². The van der Waals surface area contributed by atoms with Crippen LogP contribution in [0.1, 0.15) is 32.1 Å². The molecule has 0 unspecified atom stereocenters. The Hall–Kier alpha value is -1.89. The molecule has 3 N–H and O–H groups in total. The van der Waals surface area contributed by atoms with Crippen LogP contribution in [0.25, 0.3) is 11.2 Å². The molecule has 7 heteroatoms. The van der Waals surface area contributed by atoms with E-state index in [-0.39, 0.29) is 6.61 Å². The minimum Gasteiger partial charge on any atom is -0.395 e. The number of aromatic nitrogens is 4. The molecule has 0 spiro atoms. The topological polar surface area (TPSA) is 87.9 Å². The van der Waals surface area contributed by atoms with Gasteiger partial charge in [0.1, 0.15) is 0 Å². The predicted molar refractivity (Wildman–Crippen MR) is 86.9 cm³/mol. The Kier molecular flexibility index (Phi) is 4.72. The summed E-state index contributed by atoms with van der Waals surface area (Å²) < 4.78 is 1.88. The first-order chi connectivity index (χ1) is 10.8. The van der Waals surface area contributed by atoms with Gasteiger partial charge >= 0.3 is 0 Å². The molecular formula is C15H24N6O. The summed E-state index contributed by atoms with van der Waals surface area (Å²) in [6.45, 7) is 1.42. The fourth-order valence-electron chi connectivity index (χ4n) is 3.01. The Bertz CT molecular complexity index is 620. The third-order valence-electron chi connectivity index (χ3n) is 4.24. The van der Waals surface area contributed by atoms with Gasteiger partial charge in [-0.3, -0.25) is 0 Å². The molecule has 1 aliphatic rings. The molecule has 0 atom stereocenters. The lowest BCUT2D eigenvalue weighted by molar-refractivity contribution is 0.311. The molecule has 2 heterocycles. The quantitative estimate of drug-likeness (QED) is 0.754. The first kappa shape index (κ1) is 15.0. The molecule has 7 nitrogen and oxygen atoms in total. The van der Waals surface area contributed by atoms with Crippen LogP contribution in [0.15, 0.2) is 6.33 Å². The number of rotatable bonds is 6. The SMILES string of the molecule is Cn1cnc2c(NCC3CCCCC3)nc(NCCO)nc21. The Morgan fingerprint density at radius 1 is 1.23 bits per heavy atom. The number of aliphatic hydroxyl groups is 1. The van der Waals surface area contributed by atoms with Gasteiger partial charge in [0, 0.05) is 20.1 Å². The van der Waals surface area contributed by atoms with Crippen LogP contribution in [0.3, 0.4) is 0 Å². The maximum absolute atomic E-state index is 8.95. The van der Waals surface area contributed by atoms with Crippen molar-refractivity contribution in [3.05, 3.63) is 6.33 Å². The van der Waals surface area contributed by atoms with Crippen LogP contribution in [0, 0.1) is 5.92 Å². The first-order valence-electron chi connectivity index (χ1n) is 8.05. The summed E-state index contributed by atoms with van der Waals surface area (Å²) in [5, 5.41) is 15.4. The van der Waals surface area contributed by atoms with E-state index in [2.05, 4.69) is 25.6 Å². The van der Waals surface area contributed by atoms with E-state index in [9.17, 15) is 0 Å². The molecule has 1 fully saturated rings. The summed E-state index contributed by atoms with van der Waals surface area (Å²) in [5.74, 6) is 2.02. The maximum Gasteiger partial charge on any atom is 0.226 e. The highest BCUT2D eigenvalue weighted by Crippen LogP contribution is 2.25. The van der Waals surface area contributed by atoms with Crippen LogP contribution in [0.2, 0.25) is 0 Å². The summed E-state index contributed by atoms with van der Waals surface area (Å²) in [6.07, 6.45) is 8.36. The molecule has 0 bridgehead atoms. The lowest BCUT2D eigenvalue weighted by atomic mass is 9.89. The predicted octanol–water partition coefficient (Wildman–Crippen LogP) is 1.76. The van der Waals surface area contributed by atoms with Gasteiger partial charge in [-0.05, 0) is 18.8 Å². The van der Waals surface area contributed by atoms with Gasteiger partial charge < -0.3 is 20.3 Å². The van der Waals surface area contributed by atoms with Crippen molar-refractivity contribution in [1.82, 2.24) is 19.5 Å². The second-order valence-corrected chi connectivity index (χ2v) is 5.96. The molecule has 3 rings (SSSR count). The number of imidazole rings is 1. The molecule has 1 aliphatic carbocycles. The van der Waals surface area contributed by atoms with Crippen molar-refractivity contribution in [2.24, 2.45) is 13.0 Å². The first-order valence-corrected chi connectivity index (χ1v) is 8.05. The van der Waals surface area contributed by atoms with E-state index >= 15 is 0 Å². The van der Waals surface area contributed by atoms with Crippen molar-refractivity contribution < 1.29 is 5.11 Å². The number of anilines is 2. The van der Waals surface area contributed by atoms with Crippen LogP contribution in [0.4, 0.5) is 11.8 Å². The third kappa shape index (κ3) is 3.30. The Morgan fingerprint density at radius 2 is 2.05 bits per heavy atom. The average molecular weight is 304 g/mol. The monoisotopic (exact) mass is 304 g/mol. The van der Waals surface area contributed by atoms with Crippen molar-refractivity contribution in [2.75, 3.05) is 30.3 Å². The smallest absolute Gasteiger partial charge is 0.226 e. The summed E-state index contributed by atoms with van der Waals surface area (Å²) in [4.78, 5) is 13.4. The molecule has 0 aromatic carbocycles.